The van der Waals surface area contributed by atoms with E-state index < -0.39 is 5.60 Å². The molecule has 0 aliphatic carbocycles. The Labute approximate surface area is 250 Å². The van der Waals surface area contributed by atoms with E-state index in [0.29, 0.717) is 13.0 Å². The molecule has 1 heterocycles. The summed E-state index contributed by atoms with van der Waals surface area (Å²) in [5.74, 6) is 0.222. The number of Topliss-reactive ketones (excluding diaryl/α,β-unsaturated/α-hetero) is 1. The van der Waals surface area contributed by atoms with Gasteiger partial charge in [0, 0.05) is 32.7 Å². The first-order valence-electron chi connectivity index (χ1n) is 17.5. The number of carbonyl (C=O) groups is 1. The molecule has 238 valence electrons. The van der Waals surface area contributed by atoms with Crippen molar-refractivity contribution in [3.63, 3.8) is 0 Å². The maximum Gasteiger partial charge on any atom is 0.165 e. The van der Waals surface area contributed by atoms with Gasteiger partial charge in [0.25, 0.3) is 0 Å². The number of unbranched alkanes of at least 4 members (excludes halogenated alkanes) is 12. The SMILES string of the molecule is CCCCCCCCCCCCOC(C)(CC)CCOC(C)(C)C(=O)CCN1CC[N+](C)(CCCCCC)CC1. The van der Waals surface area contributed by atoms with Crippen LogP contribution in [0.3, 0.4) is 0 Å². The lowest BCUT2D eigenvalue weighted by atomic mass is 9.97. The second kappa shape index (κ2) is 21.2. The fourth-order valence-electron chi connectivity index (χ4n) is 5.78. The standard InChI is InChI=1S/C35H71N2O3/c1-8-11-13-15-16-17-18-19-20-22-31-40-35(6,10-3)24-32-39-34(4,5)33(38)23-25-36-26-29-37(7,30-27-36)28-21-14-12-9-2/h8-32H2,1-7H3/q+1. The van der Waals surface area contributed by atoms with Crippen molar-refractivity contribution in [2.45, 2.75) is 162 Å². The summed E-state index contributed by atoms with van der Waals surface area (Å²) in [6.45, 7) is 21.0. The Kier molecular flexibility index (Phi) is 19.9. The summed E-state index contributed by atoms with van der Waals surface area (Å²) < 4.78 is 13.7. The molecule has 0 N–H and O–H groups in total. The van der Waals surface area contributed by atoms with Crippen molar-refractivity contribution in [1.82, 2.24) is 4.90 Å². The van der Waals surface area contributed by atoms with Crippen molar-refractivity contribution in [2.75, 3.05) is 59.5 Å². The highest BCUT2D eigenvalue weighted by Gasteiger charge is 2.32. The van der Waals surface area contributed by atoms with E-state index in [0.717, 1.165) is 45.5 Å². The molecule has 1 unspecified atom stereocenters. The number of hydrogen-bond donors (Lipinski definition) is 0. The van der Waals surface area contributed by atoms with Gasteiger partial charge in [-0.25, -0.2) is 0 Å². The van der Waals surface area contributed by atoms with Gasteiger partial charge >= 0.3 is 0 Å². The Balaban J connectivity index is 2.20. The van der Waals surface area contributed by atoms with Crippen molar-refractivity contribution in [3.8, 4) is 0 Å². The quantitative estimate of drug-likeness (QED) is 0.0775. The van der Waals surface area contributed by atoms with Gasteiger partial charge in [0.05, 0.1) is 38.9 Å². The van der Waals surface area contributed by atoms with Crippen molar-refractivity contribution < 1.29 is 18.8 Å². The number of ketones is 1. The topological polar surface area (TPSA) is 38.8 Å². The first-order valence-corrected chi connectivity index (χ1v) is 17.5. The molecule has 0 amide bonds. The molecule has 1 rings (SSSR count). The molecule has 1 saturated heterocycles. The fraction of sp³-hybridized carbons (Fsp3) is 0.971. The largest absolute Gasteiger partial charge is 0.375 e. The summed E-state index contributed by atoms with van der Waals surface area (Å²) in [5, 5.41) is 0. The zero-order valence-electron chi connectivity index (χ0n) is 28.3. The van der Waals surface area contributed by atoms with Crippen molar-refractivity contribution in [1.29, 1.82) is 0 Å². The van der Waals surface area contributed by atoms with E-state index in [2.05, 4.69) is 39.6 Å². The van der Waals surface area contributed by atoms with Crippen LogP contribution in [0.15, 0.2) is 0 Å². The Hall–Kier alpha value is -0.490. The average Bonchev–Trinajstić information content (AvgIpc) is 2.93. The second-order valence-electron chi connectivity index (χ2n) is 13.8. The Bertz CT molecular complexity index is 630. The highest BCUT2D eigenvalue weighted by Crippen LogP contribution is 2.23. The number of hydrogen-bond acceptors (Lipinski definition) is 4. The third-order valence-corrected chi connectivity index (χ3v) is 9.58. The Morgan fingerprint density at radius 2 is 1.25 bits per heavy atom. The van der Waals surface area contributed by atoms with Gasteiger partial charge in [0.15, 0.2) is 5.78 Å². The fourth-order valence-corrected chi connectivity index (χ4v) is 5.78. The van der Waals surface area contributed by atoms with Crippen molar-refractivity contribution >= 4 is 5.78 Å². The average molecular weight is 568 g/mol. The van der Waals surface area contributed by atoms with Crippen LogP contribution in [0, 0.1) is 0 Å². The molecular formula is C35H71N2O3+. The number of ether oxygens (including phenoxy) is 2. The normalized spacial score (nSPS) is 17.7. The molecule has 1 fully saturated rings. The van der Waals surface area contributed by atoms with Gasteiger partial charge in [-0.05, 0) is 52.9 Å². The predicted molar refractivity (Wildman–Crippen MR) is 172 cm³/mol. The number of quaternary nitrogens is 1. The minimum absolute atomic E-state index is 0.173. The van der Waals surface area contributed by atoms with E-state index in [1.165, 1.54) is 108 Å². The molecule has 1 aliphatic rings. The minimum atomic E-state index is -0.731. The molecule has 0 radical (unpaired) electrons. The summed E-state index contributed by atoms with van der Waals surface area (Å²) >= 11 is 0. The van der Waals surface area contributed by atoms with Crippen molar-refractivity contribution in [3.05, 3.63) is 0 Å². The molecule has 0 aromatic carbocycles. The first-order chi connectivity index (χ1) is 19.1. The van der Waals surface area contributed by atoms with Gasteiger partial charge in [-0.15, -0.1) is 0 Å². The van der Waals surface area contributed by atoms with Gasteiger partial charge in [-0.1, -0.05) is 91.4 Å². The van der Waals surface area contributed by atoms with Gasteiger partial charge in [-0.3, -0.25) is 9.69 Å². The molecule has 1 atom stereocenters. The first kappa shape index (κ1) is 37.5. The predicted octanol–water partition coefficient (Wildman–Crippen LogP) is 8.58. The van der Waals surface area contributed by atoms with Crippen LogP contribution >= 0.6 is 0 Å². The molecule has 0 bridgehead atoms. The minimum Gasteiger partial charge on any atom is -0.375 e. The maximum absolute atomic E-state index is 13.1. The summed E-state index contributed by atoms with van der Waals surface area (Å²) in [4.78, 5) is 15.5. The van der Waals surface area contributed by atoms with Crippen molar-refractivity contribution in [2.24, 2.45) is 0 Å². The summed E-state index contributed by atoms with van der Waals surface area (Å²) in [5.41, 5.74) is -0.904. The van der Waals surface area contributed by atoms with Gasteiger partial charge in [-0.2, -0.15) is 0 Å². The van der Waals surface area contributed by atoms with Crippen LogP contribution in [0.25, 0.3) is 0 Å². The molecular weight excluding hydrogens is 496 g/mol. The number of likely N-dealkylation sites (N-methyl/N-ethyl adjacent to an activating group) is 1. The van der Waals surface area contributed by atoms with Crippen LogP contribution < -0.4 is 0 Å². The Morgan fingerprint density at radius 1 is 0.725 bits per heavy atom. The van der Waals surface area contributed by atoms with E-state index in [-0.39, 0.29) is 11.4 Å². The number of carbonyl (C=O) groups excluding carboxylic acids is 1. The number of rotatable bonds is 26. The molecule has 5 heteroatoms. The lowest BCUT2D eigenvalue weighted by molar-refractivity contribution is -0.913. The molecule has 0 saturated carbocycles. The van der Waals surface area contributed by atoms with Crippen LogP contribution in [-0.2, 0) is 14.3 Å². The lowest BCUT2D eigenvalue weighted by Gasteiger charge is -2.42. The van der Waals surface area contributed by atoms with Crippen LogP contribution in [0.2, 0.25) is 0 Å². The summed E-state index contributed by atoms with van der Waals surface area (Å²) in [6.07, 6.45) is 21.2. The second-order valence-corrected chi connectivity index (χ2v) is 13.8. The summed E-state index contributed by atoms with van der Waals surface area (Å²) in [7, 11) is 2.41. The van der Waals surface area contributed by atoms with E-state index >= 15 is 0 Å². The lowest BCUT2D eigenvalue weighted by Crippen LogP contribution is -2.57. The van der Waals surface area contributed by atoms with Gasteiger partial charge < -0.3 is 14.0 Å². The number of nitrogens with zero attached hydrogens (tertiary/aromatic N) is 2. The van der Waals surface area contributed by atoms with E-state index in [4.69, 9.17) is 9.47 Å². The Morgan fingerprint density at radius 3 is 1.80 bits per heavy atom. The van der Waals surface area contributed by atoms with E-state index in [9.17, 15) is 4.79 Å². The molecule has 40 heavy (non-hydrogen) atoms. The third-order valence-electron chi connectivity index (χ3n) is 9.58. The van der Waals surface area contributed by atoms with E-state index in [1.54, 1.807) is 0 Å². The molecule has 0 aromatic rings. The van der Waals surface area contributed by atoms with Crippen LogP contribution in [-0.4, -0.2) is 85.9 Å². The highest BCUT2D eigenvalue weighted by atomic mass is 16.5. The van der Waals surface area contributed by atoms with Gasteiger partial charge in [0.2, 0.25) is 0 Å². The monoisotopic (exact) mass is 568 g/mol. The van der Waals surface area contributed by atoms with Gasteiger partial charge in [0.1, 0.15) is 5.60 Å². The third kappa shape index (κ3) is 16.8. The van der Waals surface area contributed by atoms with Crippen LogP contribution in [0.1, 0.15) is 151 Å². The van der Waals surface area contributed by atoms with Crippen LogP contribution in [0.5, 0.6) is 0 Å². The zero-order chi connectivity index (χ0) is 29.7. The highest BCUT2D eigenvalue weighted by molar-refractivity contribution is 5.86. The molecule has 1 aliphatic heterocycles. The molecule has 0 aromatic heterocycles. The maximum atomic E-state index is 13.1. The molecule has 0 spiro atoms. The van der Waals surface area contributed by atoms with Crippen LogP contribution in [0.4, 0.5) is 0 Å². The number of piperazine rings is 1. The smallest absolute Gasteiger partial charge is 0.165 e. The molecule has 5 nitrogen and oxygen atoms in total. The summed E-state index contributed by atoms with van der Waals surface area (Å²) in [6, 6.07) is 0. The zero-order valence-corrected chi connectivity index (χ0v) is 28.3. The van der Waals surface area contributed by atoms with E-state index in [1.807, 2.05) is 13.8 Å².